The van der Waals surface area contributed by atoms with Crippen LogP contribution in [-0.4, -0.2) is 41.1 Å². The molecule has 0 aromatic heterocycles. The zero-order chi connectivity index (χ0) is 18.6. The van der Waals surface area contributed by atoms with Crippen molar-refractivity contribution in [3.63, 3.8) is 0 Å². The molecule has 8 heteroatoms. The van der Waals surface area contributed by atoms with E-state index in [0.717, 1.165) is 12.1 Å². The molecule has 1 heterocycles. The molecular formula is C17H20F3NO4. The number of halogens is 3. The molecule has 2 rings (SSSR count). The van der Waals surface area contributed by atoms with E-state index in [0.29, 0.717) is 25.0 Å². The van der Waals surface area contributed by atoms with Crippen molar-refractivity contribution in [2.75, 3.05) is 13.2 Å². The van der Waals surface area contributed by atoms with Crippen molar-refractivity contribution in [2.45, 2.75) is 38.6 Å². The maximum absolute atomic E-state index is 12.6. The van der Waals surface area contributed by atoms with Gasteiger partial charge in [-0.15, -0.1) is 0 Å². The minimum atomic E-state index is -4.44. The first-order valence-electron chi connectivity index (χ1n) is 7.95. The van der Waals surface area contributed by atoms with Crippen molar-refractivity contribution in [1.82, 2.24) is 4.90 Å². The molecule has 2 atom stereocenters. The van der Waals surface area contributed by atoms with Gasteiger partial charge in [-0.25, -0.2) is 0 Å². The predicted octanol–water partition coefficient (Wildman–Crippen LogP) is 2.93. The van der Waals surface area contributed by atoms with E-state index < -0.39 is 24.3 Å². The van der Waals surface area contributed by atoms with Crippen molar-refractivity contribution >= 4 is 11.9 Å². The number of benzene rings is 1. The van der Waals surface area contributed by atoms with Crippen LogP contribution >= 0.6 is 0 Å². The van der Waals surface area contributed by atoms with E-state index in [1.54, 1.807) is 0 Å². The molecule has 1 aliphatic rings. The van der Waals surface area contributed by atoms with E-state index in [9.17, 15) is 22.8 Å². The van der Waals surface area contributed by atoms with Gasteiger partial charge in [-0.1, -0.05) is 12.1 Å². The Morgan fingerprint density at radius 3 is 2.44 bits per heavy atom. The standard InChI is InChI=1S/C17H20F3NO4/c1-11-8-13(6-7-25-11)16(24)21(10-15(22)23)9-12-2-4-14(5-3-12)17(18,19)20/h2-5,11,13H,6-10H2,1H3,(H,22,23). The molecule has 0 aliphatic carbocycles. The average Bonchev–Trinajstić information content (AvgIpc) is 2.53. The van der Waals surface area contributed by atoms with Crippen LogP contribution in [-0.2, 0) is 27.0 Å². The third kappa shape index (κ3) is 5.45. The number of hydrogen-bond donors (Lipinski definition) is 1. The zero-order valence-electron chi connectivity index (χ0n) is 13.8. The number of carbonyl (C=O) groups excluding carboxylic acids is 1. The molecule has 2 unspecified atom stereocenters. The summed E-state index contributed by atoms with van der Waals surface area (Å²) in [5.41, 5.74) is -0.340. The van der Waals surface area contributed by atoms with Gasteiger partial charge in [-0.2, -0.15) is 13.2 Å². The predicted molar refractivity (Wildman–Crippen MR) is 82.6 cm³/mol. The van der Waals surface area contributed by atoms with Crippen LogP contribution in [0.25, 0.3) is 0 Å². The van der Waals surface area contributed by atoms with Crippen molar-refractivity contribution < 1.29 is 32.6 Å². The summed E-state index contributed by atoms with van der Waals surface area (Å²) in [6.45, 7) is 1.73. The van der Waals surface area contributed by atoms with Gasteiger partial charge in [0, 0.05) is 19.1 Å². The topological polar surface area (TPSA) is 66.8 Å². The monoisotopic (exact) mass is 359 g/mol. The Kier molecular flexibility index (Phi) is 6.05. The number of rotatable bonds is 5. The van der Waals surface area contributed by atoms with Gasteiger partial charge in [-0.05, 0) is 37.5 Å². The van der Waals surface area contributed by atoms with Crippen molar-refractivity contribution in [2.24, 2.45) is 5.92 Å². The molecule has 1 amide bonds. The summed E-state index contributed by atoms with van der Waals surface area (Å²) in [5, 5.41) is 9.04. The van der Waals surface area contributed by atoms with Crippen LogP contribution in [0.4, 0.5) is 13.2 Å². The highest BCUT2D eigenvalue weighted by atomic mass is 19.4. The molecule has 1 aromatic rings. The van der Waals surface area contributed by atoms with Gasteiger partial charge in [-0.3, -0.25) is 9.59 Å². The highest BCUT2D eigenvalue weighted by Gasteiger charge is 2.31. The molecule has 0 bridgehead atoms. The van der Waals surface area contributed by atoms with E-state index in [1.807, 2.05) is 6.92 Å². The lowest BCUT2D eigenvalue weighted by Crippen LogP contribution is -2.42. The largest absolute Gasteiger partial charge is 0.480 e. The first-order valence-corrected chi connectivity index (χ1v) is 7.95. The molecule has 25 heavy (non-hydrogen) atoms. The van der Waals surface area contributed by atoms with Crippen molar-refractivity contribution in [3.05, 3.63) is 35.4 Å². The van der Waals surface area contributed by atoms with Gasteiger partial charge in [0.1, 0.15) is 6.54 Å². The van der Waals surface area contributed by atoms with Crippen LogP contribution in [0.5, 0.6) is 0 Å². The second-order valence-electron chi connectivity index (χ2n) is 6.19. The molecule has 0 saturated carbocycles. The Balaban J connectivity index is 2.11. The summed E-state index contributed by atoms with van der Waals surface area (Å²) in [5.74, 6) is -1.81. The fourth-order valence-corrected chi connectivity index (χ4v) is 2.88. The number of nitrogens with zero attached hydrogens (tertiary/aromatic N) is 1. The zero-order valence-corrected chi connectivity index (χ0v) is 13.8. The lowest BCUT2D eigenvalue weighted by molar-refractivity contribution is -0.149. The van der Waals surface area contributed by atoms with Gasteiger partial charge in [0.05, 0.1) is 11.7 Å². The van der Waals surface area contributed by atoms with Gasteiger partial charge >= 0.3 is 12.1 Å². The summed E-state index contributed by atoms with van der Waals surface area (Å²) < 4.78 is 43.2. The van der Waals surface area contributed by atoms with Gasteiger partial charge in [0.2, 0.25) is 5.91 Å². The minimum Gasteiger partial charge on any atom is -0.480 e. The Labute approximate surface area is 143 Å². The summed E-state index contributed by atoms with van der Waals surface area (Å²) >= 11 is 0. The van der Waals surface area contributed by atoms with E-state index in [-0.39, 0.29) is 24.5 Å². The number of aliphatic carboxylic acids is 1. The summed E-state index contributed by atoms with van der Waals surface area (Å²) in [6.07, 6.45) is -3.51. The maximum atomic E-state index is 12.6. The van der Waals surface area contributed by atoms with E-state index in [1.165, 1.54) is 17.0 Å². The molecule has 138 valence electrons. The van der Waals surface area contributed by atoms with Gasteiger partial charge in [0.15, 0.2) is 0 Å². The highest BCUT2D eigenvalue weighted by molar-refractivity contribution is 5.83. The second-order valence-corrected chi connectivity index (χ2v) is 6.19. The maximum Gasteiger partial charge on any atom is 0.416 e. The lowest BCUT2D eigenvalue weighted by atomic mass is 9.94. The van der Waals surface area contributed by atoms with Crippen molar-refractivity contribution in [1.29, 1.82) is 0 Å². The molecule has 0 radical (unpaired) electrons. The third-order valence-corrected chi connectivity index (χ3v) is 4.13. The number of carboxylic acid groups (broad SMARTS) is 1. The minimum absolute atomic E-state index is 0.0466. The Morgan fingerprint density at radius 2 is 1.92 bits per heavy atom. The van der Waals surface area contributed by atoms with Gasteiger partial charge < -0.3 is 14.7 Å². The van der Waals surface area contributed by atoms with Crippen LogP contribution < -0.4 is 0 Å². The second kappa shape index (κ2) is 7.86. The van der Waals surface area contributed by atoms with E-state index in [2.05, 4.69) is 0 Å². The molecule has 1 aromatic carbocycles. The Hall–Kier alpha value is -2.09. The fraction of sp³-hybridized carbons (Fsp3) is 0.529. The van der Waals surface area contributed by atoms with Crippen LogP contribution in [0, 0.1) is 5.92 Å². The Bertz CT molecular complexity index is 615. The number of amides is 1. The molecule has 1 saturated heterocycles. The normalized spacial score (nSPS) is 21.0. The first kappa shape index (κ1) is 19.2. The van der Waals surface area contributed by atoms with Crippen LogP contribution in [0.1, 0.15) is 30.9 Å². The van der Waals surface area contributed by atoms with E-state index in [4.69, 9.17) is 9.84 Å². The molecule has 5 nitrogen and oxygen atoms in total. The lowest BCUT2D eigenvalue weighted by Gasteiger charge is -2.31. The number of hydrogen-bond acceptors (Lipinski definition) is 3. The summed E-state index contributed by atoms with van der Waals surface area (Å²) in [6, 6.07) is 4.37. The van der Waals surface area contributed by atoms with Crippen molar-refractivity contribution in [3.8, 4) is 0 Å². The summed E-state index contributed by atoms with van der Waals surface area (Å²) in [4.78, 5) is 24.9. The molecule has 0 spiro atoms. The van der Waals surface area contributed by atoms with Crippen LogP contribution in [0.2, 0.25) is 0 Å². The fourth-order valence-electron chi connectivity index (χ4n) is 2.88. The third-order valence-electron chi connectivity index (χ3n) is 4.13. The number of carboxylic acids is 1. The van der Waals surface area contributed by atoms with Gasteiger partial charge in [0.25, 0.3) is 0 Å². The quantitative estimate of drug-likeness (QED) is 0.878. The molecule has 1 aliphatic heterocycles. The van der Waals surface area contributed by atoms with Crippen LogP contribution in [0.3, 0.4) is 0 Å². The highest BCUT2D eigenvalue weighted by Crippen LogP contribution is 2.29. The molecule has 1 fully saturated rings. The smallest absolute Gasteiger partial charge is 0.416 e. The number of carbonyl (C=O) groups is 2. The first-order chi connectivity index (χ1) is 11.7. The van der Waals surface area contributed by atoms with E-state index >= 15 is 0 Å². The molecule has 1 N–H and O–H groups in total. The average molecular weight is 359 g/mol. The summed E-state index contributed by atoms with van der Waals surface area (Å²) in [7, 11) is 0. The SMILES string of the molecule is CC1CC(C(=O)N(CC(=O)O)Cc2ccc(C(F)(F)F)cc2)CCO1. The number of ether oxygens (including phenoxy) is 1. The molecular weight excluding hydrogens is 339 g/mol. The van der Waals surface area contributed by atoms with Crippen LogP contribution in [0.15, 0.2) is 24.3 Å². The number of alkyl halides is 3. The Morgan fingerprint density at radius 1 is 1.28 bits per heavy atom.